The molecule has 103 heavy (non-hydrogen) atoms. The van der Waals surface area contributed by atoms with E-state index in [1.807, 2.05) is 88.4 Å². The summed E-state index contributed by atoms with van der Waals surface area (Å²) in [6, 6.07) is 30.8. The van der Waals surface area contributed by atoms with E-state index in [9.17, 15) is 28.1 Å². The van der Waals surface area contributed by atoms with Crippen LogP contribution in [0, 0.1) is 11.8 Å². The molecule has 3 heterocycles. The van der Waals surface area contributed by atoms with Crippen LogP contribution < -0.4 is 9.47 Å². The number of ether oxygens (including phenoxy) is 6. The average molecular weight is 1620 g/mol. The molecule has 1 saturated carbocycles. The largest absolute Gasteiger partial charge is 0.490 e. The Morgan fingerprint density at radius 2 is 0.874 bits per heavy atom. The lowest BCUT2D eigenvalue weighted by Crippen LogP contribution is -2.65. The Bertz CT molecular complexity index is 3420. The lowest BCUT2D eigenvalue weighted by atomic mass is 9.82. The Kier molecular flexibility index (Phi) is 32.6. The second-order valence-corrected chi connectivity index (χ2v) is 65.3. The lowest BCUT2D eigenvalue weighted by molar-refractivity contribution is -0.339. The van der Waals surface area contributed by atoms with Crippen LogP contribution >= 0.6 is 23.2 Å². The quantitative estimate of drug-likeness (QED) is 0.0410. The second-order valence-electron chi connectivity index (χ2n) is 33.2. The SMILES string of the molecule is CC[Si](=O)CC[C@H]1O[C@@](O)(c2ccc(Cl)c(C(OC)c3ccc(OC4CCCC4)cc3)c2)[C@H](O[Si](C)(C)C)[C@@H](O[Si](C)(C)C)[C@@H]1C[Si](=O)CC.CC[Si](=O)CC[C@H]1O[C@@](O)(c2ccc(Cl)c(C(O[Si](C)(C)C)c3ccc(OC4CCOC4)cc3)c2)[C@H](O[Si](C)(C)C)[C@@H](O[Si](C)(C)C)[C@@H]1C[Si](=O)CC. The maximum atomic E-state index is 13.4. The summed E-state index contributed by atoms with van der Waals surface area (Å²) < 4.78 is 125. The molecule has 13 atom stereocenters. The highest BCUT2D eigenvalue weighted by Crippen LogP contribution is 2.51. The third-order valence-electron chi connectivity index (χ3n) is 18.9. The van der Waals surface area contributed by atoms with Crippen LogP contribution in [-0.2, 0) is 70.5 Å². The van der Waals surface area contributed by atoms with Crippen molar-refractivity contribution in [3.8, 4) is 11.5 Å². The summed E-state index contributed by atoms with van der Waals surface area (Å²) in [5, 5.41) is 27.2. The van der Waals surface area contributed by atoms with Gasteiger partial charge in [-0.2, -0.15) is 0 Å². The topological polar surface area (TPSA) is 210 Å². The molecule has 3 unspecified atom stereocenters. The molecule has 28 heteroatoms. The molecule has 17 nitrogen and oxygen atoms in total. The molecule has 0 radical (unpaired) electrons. The Hall–Kier alpha value is -2.23. The monoisotopic (exact) mass is 1620 g/mol. The van der Waals surface area contributed by atoms with Gasteiger partial charge in [-0.3, -0.25) is 0 Å². The number of aliphatic hydroxyl groups is 2. The lowest BCUT2D eigenvalue weighted by Gasteiger charge is -2.54. The molecule has 4 fully saturated rings. The molecule has 4 aliphatic rings. The fourth-order valence-electron chi connectivity index (χ4n) is 14.0. The summed E-state index contributed by atoms with van der Waals surface area (Å²) in [7, 11) is -17.3. The highest BCUT2D eigenvalue weighted by Gasteiger charge is 2.60. The van der Waals surface area contributed by atoms with Crippen LogP contribution in [0.4, 0.5) is 0 Å². The Balaban J connectivity index is 0.000000289. The summed E-state index contributed by atoms with van der Waals surface area (Å²) in [5.74, 6) is -2.92. The van der Waals surface area contributed by atoms with Crippen LogP contribution in [0.2, 0.25) is 157 Å². The van der Waals surface area contributed by atoms with Gasteiger partial charge in [0.05, 0.1) is 49.8 Å². The van der Waals surface area contributed by atoms with Crippen molar-refractivity contribution >= 4 is 99.5 Å². The first-order valence-corrected chi connectivity index (χ1v) is 62.7. The van der Waals surface area contributed by atoms with E-state index in [0.717, 1.165) is 41.9 Å². The third kappa shape index (κ3) is 25.7. The molecule has 0 aromatic heterocycles. The van der Waals surface area contributed by atoms with Crippen molar-refractivity contribution < 1.29 is 78.6 Å². The normalized spacial score (nSPS) is 25.7. The van der Waals surface area contributed by atoms with Gasteiger partial charge in [0.1, 0.15) is 35.9 Å². The zero-order valence-electron chi connectivity index (χ0n) is 65.3. The average Bonchev–Trinajstić information content (AvgIpc) is 0.890. The zero-order chi connectivity index (χ0) is 76.2. The molecule has 2 N–H and O–H groups in total. The van der Waals surface area contributed by atoms with Gasteiger partial charge in [0, 0.05) is 57.7 Å². The molecule has 4 aromatic carbocycles. The van der Waals surface area contributed by atoms with Gasteiger partial charge in [-0.15, -0.1) is 0 Å². The molecule has 3 aliphatic heterocycles. The molecule has 0 bridgehead atoms. The predicted molar refractivity (Wildman–Crippen MR) is 427 cm³/mol. The van der Waals surface area contributed by atoms with Crippen molar-refractivity contribution in [2.75, 3.05) is 20.3 Å². The molecule has 4 aromatic rings. The van der Waals surface area contributed by atoms with E-state index in [1.165, 1.54) is 12.8 Å². The van der Waals surface area contributed by atoms with Crippen LogP contribution in [0.15, 0.2) is 84.9 Å². The van der Waals surface area contributed by atoms with Gasteiger partial charge in [0.2, 0.25) is 11.6 Å². The summed E-state index contributed by atoms with van der Waals surface area (Å²) >= 11 is 14.0. The van der Waals surface area contributed by atoms with Crippen LogP contribution in [0.25, 0.3) is 0 Å². The molecule has 1 aliphatic carbocycles. The summed E-state index contributed by atoms with van der Waals surface area (Å²) in [6.45, 7) is 40.6. The number of hydrogen-bond donors (Lipinski definition) is 2. The molecule has 8 rings (SSSR count). The van der Waals surface area contributed by atoms with Crippen molar-refractivity contribution in [2.45, 2.75) is 292 Å². The van der Waals surface area contributed by atoms with E-state index in [0.29, 0.717) is 107 Å². The van der Waals surface area contributed by atoms with Gasteiger partial charge >= 0.3 is 0 Å². The van der Waals surface area contributed by atoms with Crippen molar-refractivity contribution in [2.24, 2.45) is 11.8 Å². The van der Waals surface area contributed by atoms with Crippen molar-refractivity contribution in [1.29, 1.82) is 0 Å². The summed E-state index contributed by atoms with van der Waals surface area (Å²) in [6.07, 6.45) is 1.44. The van der Waals surface area contributed by atoms with E-state index in [1.54, 1.807) is 31.4 Å². The minimum absolute atomic E-state index is 0.0344. The first kappa shape index (κ1) is 88.0. The van der Waals surface area contributed by atoms with Gasteiger partial charge in [0.15, 0.2) is 41.6 Å². The fourth-order valence-corrected chi connectivity index (χ4v) is 24.3. The number of hydrogen-bond acceptors (Lipinski definition) is 17. The minimum Gasteiger partial charge on any atom is -0.490 e. The maximum Gasteiger partial charge on any atom is 0.276 e. The smallest absolute Gasteiger partial charge is 0.276 e. The molecule has 574 valence electrons. The first-order valence-electron chi connectivity index (χ1n) is 37.6. The molecule has 3 saturated heterocycles. The third-order valence-corrected chi connectivity index (χ3v) is 31.2. The van der Waals surface area contributed by atoms with Gasteiger partial charge in [-0.1, -0.05) is 87.3 Å². The Morgan fingerprint density at radius 3 is 1.22 bits per heavy atom. The zero-order valence-corrected chi connectivity index (χ0v) is 75.8. The van der Waals surface area contributed by atoms with E-state index in [-0.39, 0.29) is 24.0 Å². The molecule has 0 amide bonds. The number of rotatable bonds is 35. The van der Waals surface area contributed by atoms with E-state index in [2.05, 4.69) is 98.2 Å². The Morgan fingerprint density at radius 1 is 0.495 bits per heavy atom. The van der Waals surface area contributed by atoms with Gasteiger partial charge < -0.3 is 78.6 Å². The van der Waals surface area contributed by atoms with Gasteiger partial charge in [-0.25, -0.2) is 0 Å². The predicted octanol–water partition coefficient (Wildman–Crippen LogP) is 18.6. The fraction of sp³-hybridized carbons (Fsp3) is 0.680. The van der Waals surface area contributed by atoms with Crippen LogP contribution in [0.3, 0.4) is 0 Å². The molecular weight excluding hydrogens is 1500 g/mol. The van der Waals surface area contributed by atoms with Crippen molar-refractivity contribution in [3.63, 3.8) is 0 Å². The first-order chi connectivity index (χ1) is 48.1. The van der Waals surface area contributed by atoms with Crippen LogP contribution in [-0.4, -0.2) is 156 Å². The van der Waals surface area contributed by atoms with E-state index >= 15 is 0 Å². The van der Waals surface area contributed by atoms with Gasteiger partial charge in [0.25, 0.3) is 34.7 Å². The van der Waals surface area contributed by atoms with Gasteiger partial charge in [-0.05, 0) is 245 Å². The van der Waals surface area contributed by atoms with Crippen LogP contribution in [0.1, 0.15) is 118 Å². The van der Waals surface area contributed by atoms with Crippen molar-refractivity contribution in [1.82, 2.24) is 0 Å². The summed E-state index contributed by atoms with van der Waals surface area (Å²) in [5.41, 5.74) is 4.12. The van der Waals surface area contributed by atoms with Crippen LogP contribution in [0.5, 0.6) is 11.5 Å². The minimum atomic E-state index is -2.36. The van der Waals surface area contributed by atoms with E-state index < -0.39 is 137 Å². The standard InChI is InChI=1S/C38H63ClO9Si5.C37H59ClO8Si4/c1-12-49(41)23-21-34-32(26-50(42)13-2)36(47-52(6,7)8)37(48-53(9,10)11)38(40,45-34)28-16-19-33(39)31(24-28)35(46-51(3,4)5)27-14-17-29(18-15-27)44-30-20-22-43-25-30;1-10-47(40)23-22-33-31(25-48(41)11-2)35(45-49(4,5)6)36(46-50(7,8)9)37(39,44-33)27-18-21-32(38)30(24-27)34(42-3)26-16-19-29(20-17-26)43-28-14-12-13-15-28/h14-19,24,30,32,34-37,40H,12-13,20-23,25-26H2,1-11H3;16-21,24,28,31,33-36,39H,10-15,22-23,25H2,1-9H3/t30?,32-,34-,35?,36+,37-,38+;31-,33-,34?,35+,36-,37+/m11/s1. The van der Waals surface area contributed by atoms with E-state index in [4.69, 9.17) is 73.8 Å². The Labute approximate surface area is 637 Å². The molecular formula is C75H122Cl2O17Si9. The second kappa shape index (κ2) is 38.1. The number of methoxy groups -OCH3 is 1. The summed E-state index contributed by atoms with van der Waals surface area (Å²) in [4.78, 5) is 0. The molecule has 0 spiro atoms. The highest BCUT2D eigenvalue weighted by atomic mass is 35.5. The van der Waals surface area contributed by atoms with Crippen molar-refractivity contribution in [3.05, 3.63) is 128 Å². The highest BCUT2D eigenvalue weighted by molar-refractivity contribution is 6.71. The number of benzene rings is 4. The maximum absolute atomic E-state index is 13.4. The number of halogens is 2.